The number of carbonyl (C=O) groups excluding carboxylic acids is 1. The molecule has 1 aliphatic carbocycles. The zero-order valence-electron chi connectivity index (χ0n) is 21.9. The molecule has 2 aromatic heterocycles. The van der Waals surface area contributed by atoms with Crippen LogP contribution in [-0.4, -0.2) is 70.6 Å². The van der Waals surface area contributed by atoms with Crippen LogP contribution in [0.5, 0.6) is 0 Å². The van der Waals surface area contributed by atoms with Gasteiger partial charge in [-0.3, -0.25) is 4.79 Å². The van der Waals surface area contributed by atoms with E-state index in [1.807, 2.05) is 56.9 Å². The number of likely N-dealkylation sites (N-methyl/N-ethyl adjacent to an activating group) is 1. The fraction of sp³-hybridized carbons (Fsp3) is 0.370. The smallest absolute Gasteiger partial charge is 0.237 e. The Kier molecular flexibility index (Phi) is 7.77. The molecule has 3 heterocycles. The van der Waals surface area contributed by atoms with E-state index in [2.05, 4.69) is 20.6 Å². The Labute approximate surface area is 216 Å². The van der Waals surface area contributed by atoms with Crippen molar-refractivity contribution in [1.29, 1.82) is 5.41 Å². The maximum absolute atomic E-state index is 14.8. The summed E-state index contributed by atoms with van der Waals surface area (Å²) in [6.07, 6.45) is 6.91. The Hall–Kier alpha value is -3.92. The van der Waals surface area contributed by atoms with Crippen molar-refractivity contribution >= 4 is 29.0 Å². The number of hydrogen-bond donors (Lipinski definition) is 3. The minimum Gasteiger partial charge on any atom is -0.391 e. The molecule has 9 nitrogen and oxygen atoms in total. The minimum atomic E-state index is -0.550. The number of amides is 1. The van der Waals surface area contributed by atoms with Gasteiger partial charge in [0.1, 0.15) is 11.5 Å². The fourth-order valence-corrected chi connectivity index (χ4v) is 4.46. The first-order valence-corrected chi connectivity index (χ1v) is 12.3. The van der Waals surface area contributed by atoms with E-state index in [0.717, 1.165) is 23.2 Å². The predicted octanol–water partition coefficient (Wildman–Crippen LogP) is 3.30. The maximum Gasteiger partial charge on any atom is 0.237 e. The number of fused-ring (bicyclic) bond motifs is 1. The van der Waals surface area contributed by atoms with Gasteiger partial charge in [-0.25, -0.2) is 19.3 Å². The van der Waals surface area contributed by atoms with Crippen molar-refractivity contribution in [3.05, 3.63) is 70.6 Å². The number of allylic oxidation sites excluding steroid dienone is 6. The summed E-state index contributed by atoms with van der Waals surface area (Å²) in [5, 5.41) is 14.6. The SMILES string of the molecule is CN/C(=C1/C=C(c2nc(Nc3ccc4c(n3)CCN(C(=O)CN(C)C)C4)ncc2F)C=CC1=N)C(C)C. The average molecular weight is 505 g/mol. The summed E-state index contributed by atoms with van der Waals surface area (Å²) in [5.74, 6) is 0.494. The highest BCUT2D eigenvalue weighted by Gasteiger charge is 2.23. The van der Waals surface area contributed by atoms with Gasteiger partial charge < -0.3 is 25.8 Å². The van der Waals surface area contributed by atoms with Crippen LogP contribution < -0.4 is 10.6 Å². The van der Waals surface area contributed by atoms with Crippen molar-refractivity contribution in [2.45, 2.75) is 26.8 Å². The lowest BCUT2D eigenvalue weighted by Gasteiger charge is -2.29. The van der Waals surface area contributed by atoms with Gasteiger partial charge in [-0.1, -0.05) is 26.0 Å². The van der Waals surface area contributed by atoms with Crippen LogP contribution in [0.4, 0.5) is 16.2 Å². The summed E-state index contributed by atoms with van der Waals surface area (Å²) in [4.78, 5) is 29.4. The van der Waals surface area contributed by atoms with E-state index in [9.17, 15) is 9.18 Å². The number of pyridine rings is 1. The van der Waals surface area contributed by atoms with E-state index in [0.29, 0.717) is 48.7 Å². The summed E-state index contributed by atoms with van der Waals surface area (Å²) in [6, 6.07) is 3.76. The fourth-order valence-electron chi connectivity index (χ4n) is 4.46. The van der Waals surface area contributed by atoms with Crippen molar-refractivity contribution in [3.63, 3.8) is 0 Å². The van der Waals surface area contributed by atoms with Crippen LogP contribution in [-0.2, 0) is 17.8 Å². The molecule has 0 saturated carbocycles. The zero-order valence-corrected chi connectivity index (χ0v) is 21.9. The number of rotatable bonds is 7. The molecule has 0 radical (unpaired) electrons. The number of aromatic nitrogens is 3. The second-order valence-corrected chi connectivity index (χ2v) is 9.70. The molecule has 194 valence electrons. The molecular weight excluding hydrogens is 471 g/mol. The number of carbonyl (C=O) groups is 1. The molecule has 0 bridgehead atoms. The van der Waals surface area contributed by atoms with Crippen LogP contribution in [0.15, 0.2) is 47.8 Å². The van der Waals surface area contributed by atoms with Crippen molar-refractivity contribution < 1.29 is 9.18 Å². The van der Waals surface area contributed by atoms with Crippen molar-refractivity contribution in [2.24, 2.45) is 5.92 Å². The molecule has 1 aliphatic heterocycles. The third kappa shape index (κ3) is 5.91. The molecular formula is C27H33FN8O. The van der Waals surface area contributed by atoms with Gasteiger partial charge in [0, 0.05) is 49.1 Å². The van der Waals surface area contributed by atoms with E-state index in [1.54, 1.807) is 18.2 Å². The van der Waals surface area contributed by atoms with Crippen LogP contribution in [0.1, 0.15) is 30.8 Å². The highest BCUT2D eigenvalue weighted by molar-refractivity contribution is 6.13. The molecule has 0 saturated heterocycles. The number of halogens is 1. The predicted molar refractivity (Wildman–Crippen MR) is 143 cm³/mol. The van der Waals surface area contributed by atoms with Crippen LogP contribution in [0.25, 0.3) is 5.57 Å². The Morgan fingerprint density at radius 1 is 1.24 bits per heavy atom. The van der Waals surface area contributed by atoms with E-state index in [1.165, 1.54) is 0 Å². The monoisotopic (exact) mass is 504 g/mol. The largest absolute Gasteiger partial charge is 0.391 e. The first-order chi connectivity index (χ1) is 17.7. The van der Waals surface area contributed by atoms with E-state index in [-0.39, 0.29) is 23.5 Å². The van der Waals surface area contributed by atoms with Gasteiger partial charge in [0.25, 0.3) is 0 Å². The lowest BCUT2D eigenvalue weighted by atomic mass is 9.93. The van der Waals surface area contributed by atoms with Gasteiger partial charge >= 0.3 is 0 Å². The molecule has 1 amide bonds. The zero-order chi connectivity index (χ0) is 26.7. The number of hydrogen-bond acceptors (Lipinski definition) is 8. The van der Waals surface area contributed by atoms with Gasteiger partial charge in [-0.05, 0) is 43.8 Å². The molecule has 0 unspecified atom stereocenters. The second-order valence-electron chi connectivity index (χ2n) is 9.70. The summed E-state index contributed by atoms with van der Waals surface area (Å²) >= 11 is 0. The number of nitrogens with zero attached hydrogens (tertiary/aromatic N) is 5. The maximum atomic E-state index is 14.8. The Balaban J connectivity index is 1.56. The van der Waals surface area contributed by atoms with Crippen molar-refractivity contribution in [3.8, 4) is 0 Å². The van der Waals surface area contributed by atoms with E-state index in [4.69, 9.17) is 10.4 Å². The molecule has 10 heteroatoms. The summed E-state index contributed by atoms with van der Waals surface area (Å²) in [6.45, 7) is 5.60. The molecule has 0 spiro atoms. The van der Waals surface area contributed by atoms with E-state index < -0.39 is 5.82 Å². The van der Waals surface area contributed by atoms with Crippen LogP contribution in [0.3, 0.4) is 0 Å². The molecule has 0 atom stereocenters. The lowest BCUT2D eigenvalue weighted by Crippen LogP contribution is -2.41. The summed E-state index contributed by atoms with van der Waals surface area (Å²) in [5.41, 5.74) is 4.59. The summed E-state index contributed by atoms with van der Waals surface area (Å²) < 4.78 is 14.8. The first-order valence-electron chi connectivity index (χ1n) is 12.3. The quantitative estimate of drug-likeness (QED) is 0.531. The van der Waals surface area contributed by atoms with Crippen LogP contribution in [0.2, 0.25) is 0 Å². The van der Waals surface area contributed by atoms with Gasteiger partial charge in [-0.2, -0.15) is 0 Å². The number of anilines is 2. The van der Waals surface area contributed by atoms with Crippen molar-refractivity contribution in [2.75, 3.05) is 39.5 Å². The van der Waals surface area contributed by atoms with Crippen molar-refractivity contribution in [1.82, 2.24) is 30.1 Å². The normalized spacial score (nSPS) is 16.6. The lowest BCUT2D eigenvalue weighted by molar-refractivity contribution is -0.132. The summed E-state index contributed by atoms with van der Waals surface area (Å²) in [7, 11) is 5.58. The third-order valence-corrected chi connectivity index (χ3v) is 6.27. The standard InChI is InChI=1S/C27H33FN8O/c1-16(2)25(30-3)19-12-17(6-8-21(19)29)26-20(28)13-31-27(34-26)33-23-9-7-18-14-36(11-10-22(18)32-23)24(37)15-35(4)5/h6-9,12-13,16,29-30H,10-11,14-15H2,1-5H3,(H,31,32,33,34)/b25-19-,29-21?. The highest BCUT2D eigenvalue weighted by Crippen LogP contribution is 2.28. The Morgan fingerprint density at radius 2 is 2.03 bits per heavy atom. The van der Waals surface area contributed by atoms with Gasteiger partial charge in [-0.15, -0.1) is 0 Å². The highest BCUT2D eigenvalue weighted by atomic mass is 19.1. The van der Waals surface area contributed by atoms with Crippen LogP contribution in [0, 0.1) is 17.1 Å². The molecule has 0 fully saturated rings. The number of nitrogens with one attached hydrogen (secondary N) is 3. The third-order valence-electron chi connectivity index (χ3n) is 6.27. The molecule has 3 N–H and O–H groups in total. The molecule has 4 rings (SSSR count). The average Bonchev–Trinajstić information content (AvgIpc) is 2.86. The minimum absolute atomic E-state index is 0.0968. The molecule has 37 heavy (non-hydrogen) atoms. The first kappa shape index (κ1) is 26.2. The van der Waals surface area contributed by atoms with Gasteiger partial charge in [0.15, 0.2) is 5.82 Å². The Morgan fingerprint density at radius 3 is 2.73 bits per heavy atom. The van der Waals surface area contributed by atoms with Crippen LogP contribution >= 0.6 is 0 Å². The molecule has 2 aromatic rings. The van der Waals surface area contributed by atoms with Gasteiger partial charge in [0.2, 0.25) is 11.9 Å². The molecule has 0 aromatic carbocycles. The molecule has 2 aliphatic rings. The van der Waals surface area contributed by atoms with E-state index >= 15 is 0 Å². The van der Waals surface area contributed by atoms with Gasteiger partial charge in [0.05, 0.1) is 18.5 Å². The second kappa shape index (κ2) is 11.0. The topological polar surface area (TPSA) is 110 Å². The Bertz CT molecular complexity index is 1310.